The Hall–Kier alpha value is -2.39. The zero-order chi connectivity index (χ0) is 26.9. The van der Waals surface area contributed by atoms with Gasteiger partial charge >= 0.3 is 5.97 Å². The van der Waals surface area contributed by atoms with Gasteiger partial charge in [-0.3, -0.25) is 10.3 Å². The Labute approximate surface area is 221 Å². The van der Waals surface area contributed by atoms with Gasteiger partial charge in [0.2, 0.25) is 8.32 Å². The number of benzene rings is 2. The first-order valence-electron chi connectivity index (χ1n) is 13.3. The van der Waals surface area contributed by atoms with Gasteiger partial charge in [0.25, 0.3) is 0 Å². The largest absolute Gasteiger partial charge is 0.489 e. The summed E-state index contributed by atoms with van der Waals surface area (Å²) in [5, 5.41) is 12.2. The van der Waals surface area contributed by atoms with Crippen molar-refractivity contribution in [2.45, 2.75) is 89.5 Å². The zero-order valence-corrected chi connectivity index (χ0v) is 24.1. The molecule has 0 amide bonds. The lowest BCUT2D eigenvalue weighted by Crippen LogP contribution is -2.52. The van der Waals surface area contributed by atoms with Crippen LogP contribution in [0.5, 0.6) is 5.75 Å². The van der Waals surface area contributed by atoms with Gasteiger partial charge in [-0.1, -0.05) is 71.9 Å². The molecule has 8 heteroatoms. The molecular weight excluding hydrogens is 486 g/mol. The van der Waals surface area contributed by atoms with E-state index < -0.39 is 14.3 Å². The van der Waals surface area contributed by atoms with E-state index in [1.165, 1.54) is 12.2 Å². The van der Waals surface area contributed by atoms with E-state index in [9.17, 15) is 10.0 Å². The number of hydrogen-bond donors (Lipinski definition) is 1. The number of esters is 1. The van der Waals surface area contributed by atoms with Gasteiger partial charge in [-0.15, -0.1) is 0 Å². The van der Waals surface area contributed by atoms with Crippen molar-refractivity contribution in [1.82, 2.24) is 0 Å². The molecule has 0 radical (unpaired) electrons. The third-order valence-corrected chi connectivity index (χ3v) is 14.1. The molecule has 0 saturated carbocycles. The van der Waals surface area contributed by atoms with E-state index in [1.54, 1.807) is 12.1 Å². The lowest BCUT2D eigenvalue weighted by Gasteiger charge is -2.45. The Morgan fingerprint density at radius 1 is 1.08 bits per heavy atom. The second kappa shape index (κ2) is 11.2. The first-order chi connectivity index (χ1) is 17.6. The van der Waals surface area contributed by atoms with Crippen LogP contribution in [0.2, 0.25) is 16.6 Å². The van der Waals surface area contributed by atoms with E-state index in [0.717, 1.165) is 11.1 Å². The second-order valence-corrected chi connectivity index (χ2v) is 16.5. The normalized spacial score (nSPS) is 21.4. The molecule has 202 valence electrons. The van der Waals surface area contributed by atoms with Crippen LogP contribution in [-0.2, 0) is 26.9 Å². The Balaban J connectivity index is 1.76. The Morgan fingerprint density at radius 3 is 2.32 bits per heavy atom. The molecule has 1 N–H and O–H groups in total. The number of ether oxygens (including phenoxy) is 3. The standard InChI is InChI=1S/C29H41NO6Si/c1-18(2)37(19(3)4,20(5)6)36-26-15-23-24(30(32)16-27-28(26)35-27)13-22(29(31)33-7)14-25(23)34-17-21-11-9-8-10-12-21/h8-14,18-20,26-28,32H,15-17H2,1-7H3/t26-,27+,28-/m0/s1. The van der Waals surface area contributed by atoms with Crippen LogP contribution in [0.4, 0.5) is 5.69 Å². The molecule has 0 unspecified atom stereocenters. The van der Waals surface area contributed by atoms with Crippen molar-refractivity contribution < 1.29 is 28.6 Å². The summed E-state index contributed by atoms with van der Waals surface area (Å²) >= 11 is 0. The molecule has 3 atom stereocenters. The molecule has 2 aromatic carbocycles. The molecule has 0 aromatic heterocycles. The fourth-order valence-electron chi connectivity index (χ4n) is 6.16. The fourth-order valence-corrected chi connectivity index (χ4v) is 11.7. The number of fused-ring (bicyclic) bond motifs is 2. The Bertz CT molecular complexity index is 1070. The summed E-state index contributed by atoms with van der Waals surface area (Å²) in [6, 6.07) is 13.3. The number of carbonyl (C=O) groups excluding carboxylic acids is 1. The monoisotopic (exact) mass is 527 g/mol. The maximum absolute atomic E-state index is 12.5. The average molecular weight is 528 g/mol. The molecule has 2 aliphatic rings. The van der Waals surface area contributed by atoms with Gasteiger partial charge in [-0.2, -0.15) is 0 Å². The molecule has 0 spiro atoms. The average Bonchev–Trinajstić information content (AvgIpc) is 3.62. The number of methoxy groups -OCH3 is 1. The molecule has 7 nitrogen and oxygen atoms in total. The van der Waals surface area contributed by atoms with Gasteiger partial charge in [0.05, 0.1) is 31.0 Å². The highest BCUT2D eigenvalue weighted by molar-refractivity contribution is 6.77. The van der Waals surface area contributed by atoms with Crippen LogP contribution in [0.3, 0.4) is 0 Å². The van der Waals surface area contributed by atoms with Gasteiger partial charge < -0.3 is 18.6 Å². The number of carbonyl (C=O) groups is 1. The second-order valence-electron chi connectivity index (χ2n) is 11.1. The highest BCUT2D eigenvalue weighted by Gasteiger charge is 2.54. The number of hydroxylamine groups is 1. The van der Waals surface area contributed by atoms with Crippen molar-refractivity contribution in [3.05, 3.63) is 59.2 Å². The van der Waals surface area contributed by atoms with Gasteiger partial charge in [-0.25, -0.2) is 4.79 Å². The van der Waals surface area contributed by atoms with Crippen molar-refractivity contribution in [2.24, 2.45) is 0 Å². The third kappa shape index (κ3) is 5.57. The smallest absolute Gasteiger partial charge is 0.338 e. The quantitative estimate of drug-likeness (QED) is 0.239. The molecule has 2 heterocycles. The number of epoxide rings is 1. The van der Waals surface area contributed by atoms with Crippen LogP contribution in [-0.4, -0.2) is 51.5 Å². The fraction of sp³-hybridized carbons (Fsp3) is 0.552. The van der Waals surface area contributed by atoms with Crippen molar-refractivity contribution in [3.8, 4) is 5.75 Å². The van der Waals surface area contributed by atoms with E-state index >= 15 is 0 Å². The van der Waals surface area contributed by atoms with Gasteiger partial charge in [0.1, 0.15) is 24.6 Å². The van der Waals surface area contributed by atoms with Crippen LogP contribution in [0, 0.1) is 0 Å². The summed E-state index contributed by atoms with van der Waals surface area (Å²) in [6.07, 6.45) is 0.129. The number of rotatable bonds is 9. The van der Waals surface area contributed by atoms with E-state index in [2.05, 4.69) is 41.5 Å². The highest BCUT2D eigenvalue weighted by Crippen LogP contribution is 2.47. The number of hydrogen-bond acceptors (Lipinski definition) is 7. The molecule has 2 aliphatic heterocycles. The van der Waals surface area contributed by atoms with Crippen molar-refractivity contribution in [2.75, 3.05) is 18.7 Å². The molecular formula is C29H41NO6Si. The van der Waals surface area contributed by atoms with Crippen LogP contribution >= 0.6 is 0 Å². The molecule has 1 fully saturated rings. The van der Waals surface area contributed by atoms with E-state index in [-0.39, 0.29) is 18.3 Å². The predicted octanol–water partition coefficient (Wildman–Crippen LogP) is 6.13. The van der Waals surface area contributed by atoms with Crippen LogP contribution in [0.1, 0.15) is 63.0 Å². The van der Waals surface area contributed by atoms with Crippen molar-refractivity contribution in [3.63, 3.8) is 0 Å². The van der Waals surface area contributed by atoms with Crippen molar-refractivity contribution in [1.29, 1.82) is 0 Å². The Morgan fingerprint density at radius 2 is 1.73 bits per heavy atom. The molecule has 1 saturated heterocycles. The summed E-state index contributed by atoms with van der Waals surface area (Å²) in [5.74, 6) is 0.0569. The minimum atomic E-state index is -2.20. The summed E-state index contributed by atoms with van der Waals surface area (Å²) in [5.41, 5.74) is 3.96. The molecule has 37 heavy (non-hydrogen) atoms. The van der Waals surface area contributed by atoms with Gasteiger partial charge in [0.15, 0.2) is 0 Å². The lowest BCUT2D eigenvalue weighted by molar-refractivity contribution is 0.0600. The van der Waals surface area contributed by atoms with E-state index in [1.807, 2.05) is 30.3 Å². The minimum Gasteiger partial charge on any atom is -0.489 e. The summed E-state index contributed by atoms with van der Waals surface area (Å²) in [6.45, 7) is 14.3. The summed E-state index contributed by atoms with van der Waals surface area (Å²) < 4.78 is 24.6. The minimum absolute atomic E-state index is 0.0896. The Kier molecular flexibility index (Phi) is 8.33. The predicted molar refractivity (Wildman–Crippen MR) is 146 cm³/mol. The molecule has 0 bridgehead atoms. The highest BCUT2D eigenvalue weighted by atomic mass is 28.4. The van der Waals surface area contributed by atoms with Crippen LogP contribution in [0.15, 0.2) is 42.5 Å². The molecule has 2 aromatic rings. The van der Waals surface area contributed by atoms with E-state index in [4.69, 9.17) is 18.6 Å². The summed E-state index contributed by atoms with van der Waals surface area (Å²) in [4.78, 5) is 12.5. The van der Waals surface area contributed by atoms with E-state index in [0.29, 0.717) is 53.2 Å². The molecule has 0 aliphatic carbocycles. The SMILES string of the molecule is COC(=O)c1cc(OCc2ccccc2)c2c(c1)N(O)C[C@H]1O[C@H]1[C@@H](O[Si](C(C)C)(C(C)C)C(C)C)C2. The number of nitrogens with zero attached hydrogens (tertiary/aromatic N) is 1. The topological polar surface area (TPSA) is 80.8 Å². The zero-order valence-electron chi connectivity index (χ0n) is 23.1. The maximum Gasteiger partial charge on any atom is 0.338 e. The first-order valence-corrected chi connectivity index (χ1v) is 15.4. The number of anilines is 1. The first kappa shape index (κ1) is 27.6. The van der Waals surface area contributed by atoms with Gasteiger partial charge in [0, 0.05) is 12.0 Å². The van der Waals surface area contributed by atoms with Gasteiger partial charge in [-0.05, 0) is 34.3 Å². The van der Waals surface area contributed by atoms with Crippen molar-refractivity contribution >= 4 is 20.0 Å². The van der Waals surface area contributed by atoms with Crippen LogP contribution < -0.4 is 9.80 Å². The lowest BCUT2D eigenvalue weighted by atomic mass is 9.97. The van der Waals surface area contributed by atoms with Crippen LogP contribution in [0.25, 0.3) is 0 Å². The maximum atomic E-state index is 12.5. The molecule has 4 rings (SSSR count). The summed E-state index contributed by atoms with van der Waals surface area (Å²) in [7, 11) is -0.853. The third-order valence-electron chi connectivity index (χ3n) is 7.93.